The molecule has 0 heterocycles. The fraction of sp³-hybridized carbons (Fsp3) is 0.389. The van der Waals surface area contributed by atoms with E-state index in [1.165, 1.54) is 29.2 Å². The number of fused-ring (bicyclic) bond motifs is 2. The molecule has 1 atom stereocenters. The predicted molar refractivity (Wildman–Crippen MR) is 166 cm³/mol. The normalized spacial score (nSPS) is 14.7. The fourth-order valence-corrected chi connectivity index (χ4v) is 6.38. The molecule has 2 amide bonds. The van der Waals surface area contributed by atoms with E-state index in [9.17, 15) is 19.2 Å². The molecule has 6 nitrogen and oxygen atoms in total. The second-order valence-corrected chi connectivity index (χ2v) is 11.7. The SMILES string of the molecule is CC(=O)CCCC(=O)Nc1ccc(C(C(=O)Cc2cccc3c2CCCC3)C(=O)Nc2cccc3c2CCCC3)cc1. The summed E-state index contributed by atoms with van der Waals surface area (Å²) in [6.07, 6.45) is 9.76. The van der Waals surface area contributed by atoms with Crippen LogP contribution < -0.4 is 10.6 Å². The first-order valence-electron chi connectivity index (χ1n) is 15.3. The van der Waals surface area contributed by atoms with E-state index >= 15 is 0 Å². The van der Waals surface area contributed by atoms with Crippen LogP contribution in [0.2, 0.25) is 0 Å². The number of hydrogen-bond acceptors (Lipinski definition) is 4. The van der Waals surface area contributed by atoms with Crippen molar-refractivity contribution in [1.29, 1.82) is 0 Å². The molecule has 0 saturated carbocycles. The quantitative estimate of drug-likeness (QED) is 0.254. The van der Waals surface area contributed by atoms with Crippen LogP contribution in [0.25, 0.3) is 0 Å². The Balaban J connectivity index is 1.38. The van der Waals surface area contributed by atoms with Crippen molar-refractivity contribution in [1.82, 2.24) is 0 Å². The number of carbonyl (C=O) groups excluding carboxylic acids is 4. The van der Waals surface area contributed by atoms with Crippen LogP contribution in [0.1, 0.15) is 91.2 Å². The summed E-state index contributed by atoms with van der Waals surface area (Å²) in [6, 6.07) is 19.2. The Morgan fingerprint density at radius 2 is 1.36 bits per heavy atom. The van der Waals surface area contributed by atoms with Crippen molar-refractivity contribution in [2.75, 3.05) is 10.6 Å². The average molecular weight is 565 g/mol. The first-order valence-corrected chi connectivity index (χ1v) is 15.3. The molecule has 0 aliphatic heterocycles. The van der Waals surface area contributed by atoms with Crippen molar-refractivity contribution >= 4 is 34.8 Å². The Morgan fingerprint density at radius 3 is 2.07 bits per heavy atom. The van der Waals surface area contributed by atoms with Crippen LogP contribution in [-0.4, -0.2) is 23.4 Å². The lowest BCUT2D eigenvalue weighted by Gasteiger charge is -2.23. The second kappa shape index (κ2) is 13.7. The number of amides is 2. The molecular weight excluding hydrogens is 524 g/mol. The molecule has 6 heteroatoms. The third-order valence-corrected chi connectivity index (χ3v) is 8.56. The molecule has 2 aliphatic carbocycles. The minimum absolute atomic E-state index is 0.0631. The molecule has 3 aromatic carbocycles. The molecule has 0 saturated heterocycles. The Labute approximate surface area is 248 Å². The fourth-order valence-electron chi connectivity index (χ4n) is 6.38. The highest BCUT2D eigenvalue weighted by Gasteiger charge is 2.30. The lowest BCUT2D eigenvalue weighted by atomic mass is 9.84. The number of rotatable bonds is 11. The van der Waals surface area contributed by atoms with Crippen molar-refractivity contribution in [3.05, 3.63) is 94.0 Å². The van der Waals surface area contributed by atoms with Gasteiger partial charge in [-0.15, -0.1) is 0 Å². The van der Waals surface area contributed by atoms with Crippen LogP contribution in [0.15, 0.2) is 60.7 Å². The molecule has 42 heavy (non-hydrogen) atoms. The molecule has 0 aromatic heterocycles. The van der Waals surface area contributed by atoms with E-state index in [1.807, 2.05) is 24.3 Å². The summed E-state index contributed by atoms with van der Waals surface area (Å²) in [4.78, 5) is 51.4. The number of nitrogens with one attached hydrogen (secondary N) is 2. The molecule has 218 valence electrons. The number of anilines is 2. The van der Waals surface area contributed by atoms with Crippen molar-refractivity contribution < 1.29 is 19.2 Å². The minimum atomic E-state index is -0.982. The summed E-state index contributed by atoms with van der Waals surface area (Å²) in [5.74, 6) is -1.56. The van der Waals surface area contributed by atoms with Crippen LogP contribution in [0.3, 0.4) is 0 Å². The van der Waals surface area contributed by atoms with Gasteiger partial charge in [0, 0.05) is 30.6 Å². The van der Waals surface area contributed by atoms with Crippen LogP contribution in [0, 0.1) is 0 Å². The minimum Gasteiger partial charge on any atom is -0.326 e. The van der Waals surface area contributed by atoms with Crippen molar-refractivity contribution in [2.45, 2.75) is 89.9 Å². The van der Waals surface area contributed by atoms with Gasteiger partial charge in [-0.3, -0.25) is 14.4 Å². The largest absolute Gasteiger partial charge is 0.326 e. The molecular formula is C36H40N2O4. The maximum atomic E-state index is 14.0. The third kappa shape index (κ3) is 7.22. The summed E-state index contributed by atoms with van der Waals surface area (Å²) in [5, 5.41) is 5.97. The summed E-state index contributed by atoms with van der Waals surface area (Å²) in [7, 11) is 0. The lowest BCUT2D eigenvalue weighted by Crippen LogP contribution is -2.30. The van der Waals surface area contributed by atoms with Crippen LogP contribution >= 0.6 is 0 Å². The molecule has 0 radical (unpaired) electrons. The summed E-state index contributed by atoms with van der Waals surface area (Å²) in [5.41, 5.74) is 8.00. The zero-order valence-corrected chi connectivity index (χ0v) is 24.5. The van der Waals surface area contributed by atoms with E-state index in [0.29, 0.717) is 24.1 Å². The maximum absolute atomic E-state index is 14.0. The smallest absolute Gasteiger partial charge is 0.239 e. The Bertz CT molecular complexity index is 1400. The second-order valence-electron chi connectivity index (χ2n) is 11.7. The lowest BCUT2D eigenvalue weighted by molar-refractivity contribution is -0.127. The molecule has 0 bridgehead atoms. The van der Waals surface area contributed by atoms with Gasteiger partial charge in [-0.05, 0) is 116 Å². The van der Waals surface area contributed by atoms with Crippen LogP contribution in [0.5, 0.6) is 0 Å². The van der Waals surface area contributed by atoms with Gasteiger partial charge < -0.3 is 15.4 Å². The van der Waals surface area contributed by atoms with E-state index in [1.54, 1.807) is 24.3 Å². The van der Waals surface area contributed by atoms with Crippen molar-refractivity contribution in [3.8, 4) is 0 Å². The van der Waals surface area contributed by atoms with Crippen molar-refractivity contribution in [2.24, 2.45) is 0 Å². The van der Waals surface area contributed by atoms with Gasteiger partial charge in [0.1, 0.15) is 11.7 Å². The number of carbonyl (C=O) groups is 4. The standard InChI is InChI=1S/C36H40N2O4/c1-24(39)9-6-18-34(41)37-29-21-19-27(20-22-29)35(33(40)23-28-14-7-12-25-10-2-4-15-30(25)28)36(42)38-32-17-8-13-26-11-3-5-16-31(26)32/h7-8,12-14,17,19-22,35H,2-6,9-11,15-16,18,23H2,1H3,(H,37,41)(H,38,42). The molecule has 1 unspecified atom stereocenters. The number of benzene rings is 3. The van der Waals surface area contributed by atoms with Gasteiger partial charge in [-0.25, -0.2) is 0 Å². The van der Waals surface area contributed by atoms with E-state index in [2.05, 4.69) is 22.8 Å². The highest BCUT2D eigenvalue weighted by Crippen LogP contribution is 2.31. The van der Waals surface area contributed by atoms with E-state index in [4.69, 9.17) is 0 Å². The Kier molecular flexibility index (Phi) is 9.63. The zero-order chi connectivity index (χ0) is 29.5. The highest BCUT2D eigenvalue weighted by molar-refractivity contribution is 6.12. The van der Waals surface area contributed by atoms with E-state index < -0.39 is 5.92 Å². The monoisotopic (exact) mass is 564 g/mol. The average Bonchev–Trinajstić information content (AvgIpc) is 2.98. The van der Waals surface area contributed by atoms with Crippen molar-refractivity contribution in [3.63, 3.8) is 0 Å². The highest BCUT2D eigenvalue weighted by atomic mass is 16.2. The first kappa shape index (κ1) is 29.4. The van der Waals surface area contributed by atoms with Gasteiger partial charge >= 0.3 is 0 Å². The first-order chi connectivity index (χ1) is 20.4. The third-order valence-electron chi connectivity index (χ3n) is 8.56. The number of ketones is 2. The van der Waals surface area contributed by atoms with Gasteiger partial charge in [-0.1, -0.05) is 42.5 Å². The van der Waals surface area contributed by atoms with Gasteiger partial charge in [-0.2, -0.15) is 0 Å². The van der Waals surface area contributed by atoms with Gasteiger partial charge in [0.15, 0.2) is 5.78 Å². The predicted octanol–water partition coefficient (Wildman–Crippen LogP) is 6.68. The molecule has 2 aliphatic rings. The number of Topliss-reactive ketones (excluding diaryl/α,β-unsaturated/α-hetero) is 2. The molecule has 0 spiro atoms. The maximum Gasteiger partial charge on any atom is 0.239 e. The summed E-state index contributed by atoms with van der Waals surface area (Å²) >= 11 is 0. The van der Waals surface area contributed by atoms with E-state index in [-0.39, 0.29) is 36.2 Å². The summed E-state index contributed by atoms with van der Waals surface area (Å²) in [6.45, 7) is 1.52. The van der Waals surface area contributed by atoms with E-state index in [0.717, 1.165) is 62.6 Å². The topological polar surface area (TPSA) is 92.3 Å². The molecule has 5 rings (SSSR count). The Hall–Kier alpha value is -4.06. The molecule has 2 N–H and O–H groups in total. The van der Waals surface area contributed by atoms with Crippen LogP contribution in [-0.2, 0) is 51.3 Å². The molecule has 3 aromatic rings. The van der Waals surface area contributed by atoms with Gasteiger partial charge in [0.25, 0.3) is 0 Å². The number of hydrogen-bond donors (Lipinski definition) is 2. The number of aryl methyl sites for hydroxylation is 2. The van der Waals surface area contributed by atoms with Gasteiger partial charge in [0.2, 0.25) is 11.8 Å². The summed E-state index contributed by atoms with van der Waals surface area (Å²) < 4.78 is 0. The zero-order valence-electron chi connectivity index (χ0n) is 24.5. The van der Waals surface area contributed by atoms with Gasteiger partial charge in [0.05, 0.1) is 0 Å². The molecule has 0 fully saturated rings. The van der Waals surface area contributed by atoms with Crippen LogP contribution in [0.4, 0.5) is 11.4 Å². The Morgan fingerprint density at radius 1 is 0.714 bits per heavy atom.